The summed E-state index contributed by atoms with van der Waals surface area (Å²) in [5.41, 5.74) is 10.1. The minimum absolute atomic E-state index is 0.392. The van der Waals surface area contributed by atoms with Crippen LogP contribution in [0.5, 0.6) is 0 Å². The lowest BCUT2D eigenvalue weighted by atomic mass is 10.2. The molecule has 0 amide bonds. The molecule has 7 nitrogen and oxygen atoms in total. The van der Waals surface area contributed by atoms with Crippen LogP contribution in [0.15, 0.2) is 0 Å². The molecule has 0 aromatic carbocycles. The summed E-state index contributed by atoms with van der Waals surface area (Å²) in [4.78, 5) is 21.2. The first-order valence-corrected chi connectivity index (χ1v) is 3.96. The first-order chi connectivity index (χ1) is 6.34. The monoisotopic (exact) mass is 206 g/mol. The van der Waals surface area contributed by atoms with Crippen LogP contribution in [0.2, 0.25) is 0 Å². The Labute approximate surface area is 80.6 Å². The van der Waals surface area contributed by atoms with Crippen molar-refractivity contribution in [2.24, 2.45) is 11.5 Å². The number of carboxylic acids is 1. The molecule has 14 heavy (non-hydrogen) atoms. The molecular formula is C7H14N2O5. The Morgan fingerprint density at radius 1 is 1.43 bits per heavy atom. The van der Waals surface area contributed by atoms with Gasteiger partial charge in [-0.25, -0.2) is 0 Å². The van der Waals surface area contributed by atoms with Crippen LogP contribution in [0.3, 0.4) is 0 Å². The van der Waals surface area contributed by atoms with E-state index >= 15 is 0 Å². The lowest BCUT2D eigenvalue weighted by Gasteiger charge is -2.17. The molecule has 0 fully saturated rings. The number of hydrogen-bond donors (Lipinski definition) is 4. The molecular weight excluding hydrogens is 192 g/mol. The Bertz CT molecular complexity index is 218. The predicted octanol–water partition coefficient (Wildman–Crippen LogP) is -2.00. The third kappa shape index (κ3) is 4.75. The molecule has 6 N–H and O–H groups in total. The summed E-state index contributed by atoms with van der Waals surface area (Å²) in [6.45, 7) is 1.35. The molecule has 0 aromatic rings. The molecule has 0 aliphatic carbocycles. The van der Waals surface area contributed by atoms with E-state index in [0.717, 1.165) is 0 Å². The quantitative estimate of drug-likeness (QED) is 0.301. The average molecular weight is 206 g/mol. The highest BCUT2D eigenvalue weighted by Gasteiger charge is 2.23. The zero-order chi connectivity index (χ0) is 11.3. The van der Waals surface area contributed by atoms with Gasteiger partial charge < -0.3 is 26.4 Å². The Morgan fingerprint density at radius 2 is 1.93 bits per heavy atom. The summed E-state index contributed by atoms with van der Waals surface area (Å²) in [7, 11) is 0. The molecule has 0 aromatic heterocycles. The van der Waals surface area contributed by atoms with Crippen LogP contribution in [0.4, 0.5) is 0 Å². The van der Waals surface area contributed by atoms with Gasteiger partial charge in [-0.3, -0.25) is 9.59 Å². The van der Waals surface area contributed by atoms with Crippen molar-refractivity contribution in [3.63, 3.8) is 0 Å². The van der Waals surface area contributed by atoms with Crippen LogP contribution in [0.1, 0.15) is 13.3 Å². The van der Waals surface area contributed by atoms with Crippen molar-refractivity contribution in [2.75, 3.05) is 0 Å². The van der Waals surface area contributed by atoms with Gasteiger partial charge in [0.25, 0.3) is 0 Å². The number of ether oxygens (including phenoxy) is 1. The maximum absolute atomic E-state index is 10.9. The van der Waals surface area contributed by atoms with E-state index in [9.17, 15) is 9.59 Å². The van der Waals surface area contributed by atoms with Gasteiger partial charge in [-0.1, -0.05) is 0 Å². The van der Waals surface area contributed by atoms with E-state index < -0.39 is 36.7 Å². The van der Waals surface area contributed by atoms with Gasteiger partial charge >= 0.3 is 11.9 Å². The molecule has 0 radical (unpaired) electrons. The molecule has 7 heteroatoms. The number of aliphatic hydroxyl groups is 1. The van der Waals surface area contributed by atoms with Gasteiger partial charge in [-0.2, -0.15) is 0 Å². The SMILES string of the molecule is C[C@@H](OC(=O)C[C@H](N)O)[C@H](N)C(=O)O. The van der Waals surface area contributed by atoms with E-state index in [2.05, 4.69) is 4.74 Å². The van der Waals surface area contributed by atoms with Crippen molar-refractivity contribution < 1.29 is 24.5 Å². The number of hydrogen-bond acceptors (Lipinski definition) is 6. The van der Waals surface area contributed by atoms with Gasteiger partial charge in [-0.05, 0) is 6.92 Å². The van der Waals surface area contributed by atoms with Gasteiger partial charge in [-0.15, -0.1) is 0 Å². The van der Waals surface area contributed by atoms with Crippen molar-refractivity contribution in [1.82, 2.24) is 0 Å². The molecule has 0 saturated carbocycles. The summed E-state index contributed by atoms with van der Waals surface area (Å²) in [6, 6.07) is -1.28. The number of esters is 1. The highest BCUT2D eigenvalue weighted by Crippen LogP contribution is 2.00. The molecule has 0 aliphatic rings. The van der Waals surface area contributed by atoms with Crippen molar-refractivity contribution >= 4 is 11.9 Å². The molecule has 0 saturated heterocycles. The standard InChI is InChI=1S/C7H14N2O5/c1-3(6(9)7(12)13)14-5(11)2-4(8)10/h3-4,6,10H,2,8-9H2,1H3,(H,12,13)/t3-,4-,6+/m1/s1. The van der Waals surface area contributed by atoms with Crippen molar-refractivity contribution in [3.8, 4) is 0 Å². The molecule has 0 bridgehead atoms. The van der Waals surface area contributed by atoms with E-state index in [1.165, 1.54) is 6.92 Å². The zero-order valence-corrected chi connectivity index (χ0v) is 7.71. The summed E-state index contributed by atoms with van der Waals surface area (Å²) < 4.78 is 4.60. The van der Waals surface area contributed by atoms with Gasteiger partial charge in [0.15, 0.2) is 0 Å². The van der Waals surface area contributed by atoms with Crippen LogP contribution in [0.25, 0.3) is 0 Å². The second-order valence-electron chi connectivity index (χ2n) is 2.83. The Balaban J connectivity index is 3.99. The first kappa shape index (κ1) is 12.8. The van der Waals surface area contributed by atoms with Crippen LogP contribution >= 0.6 is 0 Å². The Morgan fingerprint density at radius 3 is 2.29 bits per heavy atom. The van der Waals surface area contributed by atoms with Gasteiger partial charge in [0, 0.05) is 0 Å². The van der Waals surface area contributed by atoms with E-state index in [4.69, 9.17) is 21.7 Å². The van der Waals surface area contributed by atoms with Crippen molar-refractivity contribution in [2.45, 2.75) is 31.7 Å². The lowest BCUT2D eigenvalue weighted by Crippen LogP contribution is -2.43. The normalized spacial score (nSPS) is 16.9. The smallest absolute Gasteiger partial charge is 0.324 e. The molecule has 3 atom stereocenters. The Hall–Kier alpha value is -1.18. The minimum atomic E-state index is -1.31. The van der Waals surface area contributed by atoms with Crippen LogP contribution < -0.4 is 11.5 Å². The van der Waals surface area contributed by atoms with E-state index in [0.29, 0.717) is 0 Å². The fourth-order valence-corrected chi connectivity index (χ4v) is 0.700. The molecule has 0 spiro atoms. The number of nitrogens with two attached hydrogens (primary N) is 2. The Kier molecular flexibility index (Phi) is 5.06. The summed E-state index contributed by atoms with van der Waals surface area (Å²) in [5, 5.41) is 17.1. The maximum Gasteiger partial charge on any atom is 0.324 e. The topological polar surface area (TPSA) is 136 Å². The van der Waals surface area contributed by atoms with E-state index in [1.54, 1.807) is 0 Å². The lowest BCUT2D eigenvalue weighted by molar-refractivity contribution is -0.155. The first-order valence-electron chi connectivity index (χ1n) is 3.96. The minimum Gasteiger partial charge on any atom is -0.480 e. The maximum atomic E-state index is 10.9. The van der Waals surface area contributed by atoms with Crippen molar-refractivity contribution in [1.29, 1.82) is 0 Å². The molecule has 0 aliphatic heterocycles. The van der Waals surface area contributed by atoms with E-state index in [1.807, 2.05) is 0 Å². The van der Waals surface area contributed by atoms with Crippen LogP contribution in [0, 0.1) is 0 Å². The largest absolute Gasteiger partial charge is 0.480 e. The number of aliphatic carboxylic acids is 1. The fraction of sp³-hybridized carbons (Fsp3) is 0.714. The van der Waals surface area contributed by atoms with Crippen LogP contribution in [-0.2, 0) is 14.3 Å². The second-order valence-corrected chi connectivity index (χ2v) is 2.83. The average Bonchev–Trinajstić information content (AvgIpc) is 2.00. The number of carbonyl (C=O) groups excluding carboxylic acids is 1. The van der Waals surface area contributed by atoms with Crippen LogP contribution in [-0.4, -0.2) is 40.5 Å². The molecule has 0 rings (SSSR count). The summed E-state index contributed by atoms with van der Waals surface area (Å²) >= 11 is 0. The molecule has 82 valence electrons. The van der Waals surface area contributed by atoms with Gasteiger partial charge in [0.2, 0.25) is 0 Å². The third-order valence-electron chi connectivity index (χ3n) is 1.48. The molecule has 0 unspecified atom stereocenters. The van der Waals surface area contributed by atoms with Crippen molar-refractivity contribution in [3.05, 3.63) is 0 Å². The number of carboxylic acid groups (broad SMARTS) is 1. The number of rotatable bonds is 5. The van der Waals surface area contributed by atoms with Gasteiger partial charge in [0.05, 0.1) is 6.42 Å². The zero-order valence-electron chi connectivity index (χ0n) is 7.71. The number of carbonyl (C=O) groups is 2. The highest BCUT2D eigenvalue weighted by molar-refractivity contribution is 5.75. The predicted molar refractivity (Wildman–Crippen MR) is 46.0 cm³/mol. The third-order valence-corrected chi connectivity index (χ3v) is 1.48. The summed E-state index contributed by atoms with van der Waals surface area (Å²) in [5.74, 6) is -2.05. The molecule has 0 heterocycles. The fourth-order valence-electron chi connectivity index (χ4n) is 0.700. The van der Waals surface area contributed by atoms with Gasteiger partial charge in [0.1, 0.15) is 18.4 Å². The second kappa shape index (κ2) is 5.53. The summed E-state index contributed by atoms with van der Waals surface area (Å²) in [6.07, 6.45) is -2.66. The highest BCUT2D eigenvalue weighted by atomic mass is 16.5. The number of aliphatic hydroxyl groups excluding tert-OH is 1. The van der Waals surface area contributed by atoms with E-state index in [-0.39, 0.29) is 0 Å².